The fourth-order valence-corrected chi connectivity index (χ4v) is 3.83. The molecule has 1 aromatic carbocycles. The number of carbonyl (C=O) groups excluding carboxylic acids is 1. The number of aryl methyl sites for hydroxylation is 1. The highest BCUT2D eigenvalue weighted by atomic mass is 16.5. The zero-order valence-electron chi connectivity index (χ0n) is 14.3. The number of aromatic hydroxyl groups is 1. The minimum Gasteiger partial charge on any atom is -0.507 e. The highest BCUT2D eigenvalue weighted by molar-refractivity contribution is 5.97. The van der Waals surface area contributed by atoms with E-state index in [4.69, 9.17) is 4.74 Å². The summed E-state index contributed by atoms with van der Waals surface area (Å²) in [7, 11) is 1.71. The topological polar surface area (TPSA) is 73.2 Å². The predicted molar refractivity (Wildman–Crippen MR) is 90.1 cm³/mol. The Bertz CT molecular complexity index is 601. The van der Waals surface area contributed by atoms with Crippen LogP contribution >= 0.6 is 0 Å². The number of aliphatic hydroxyl groups excluding tert-OH is 1. The quantitative estimate of drug-likeness (QED) is 0.863. The van der Waals surface area contributed by atoms with Gasteiger partial charge in [0.1, 0.15) is 5.75 Å². The lowest BCUT2D eigenvalue weighted by Crippen LogP contribution is -2.51. The standard InChI is InChI=1S/C18H26N2O4/c1-12-3-4-13(16(21)11-12)18(23)19(2)14-5-6-15(17(14)22)20-7-9-24-10-8-20/h3-4,11,14-15,17,21-22H,5-10H2,1-2H3/t14-,15-,17-/m1/s1. The molecule has 0 radical (unpaired) electrons. The highest BCUT2D eigenvalue weighted by Crippen LogP contribution is 2.30. The molecule has 3 atom stereocenters. The molecular weight excluding hydrogens is 308 g/mol. The van der Waals surface area contributed by atoms with Crippen LogP contribution < -0.4 is 0 Å². The summed E-state index contributed by atoms with van der Waals surface area (Å²) >= 11 is 0. The van der Waals surface area contributed by atoms with Gasteiger partial charge < -0.3 is 19.8 Å². The first-order valence-electron chi connectivity index (χ1n) is 8.55. The van der Waals surface area contributed by atoms with E-state index in [1.54, 1.807) is 24.1 Å². The summed E-state index contributed by atoms with van der Waals surface area (Å²) in [5.41, 5.74) is 1.19. The normalized spacial score (nSPS) is 28.0. The Labute approximate surface area is 142 Å². The van der Waals surface area contributed by atoms with E-state index in [1.807, 2.05) is 13.0 Å². The number of morpholine rings is 1. The number of carbonyl (C=O) groups is 1. The van der Waals surface area contributed by atoms with Gasteiger partial charge in [-0.15, -0.1) is 0 Å². The molecule has 0 aromatic heterocycles. The molecule has 1 saturated carbocycles. The number of amides is 1. The lowest BCUT2D eigenvalue weighted by molar-refractivity contribution is -0.0231. The van der Waals surface area contributed by atoms with E-state index in [2.05, 4.69) is 4.90 Å². The SMILES string of the molecule is Cc1ccc(C(=O)N(C)[C@@H]2CC[C@@H](N3CCOCC3)[C@@H]2O)c(O)c1. The molecular formula is C18H26N2O4. The molecule has 0 unspecified atom stereocenters. The minimum atomic E-state index is -0.579. The highest BCUT2D eigenvalue weighted by Gasteiger charge is 2.42. The Hall–Kier alpha value is -1.63. The van der Waals surface area contributed by atoms with Crippen molar-refractivity contribution in [2.24, 2.45) is 0 Å². The minimum absolute atomic E-state index is 0.0101. The number of likely N-dealkylation sites (N-methyl/N-ethyl adjacent to an activating group) is 1. The van der Waals surface area contributed by atoms with Gasteiger partial charge in [-0.1, -0.05) is 6.07 Å². The van der Waals surface area contributed by atoms with Gasteiger partial charge in [-0.25, -0.2) is 0 Å². The maximum Gasteiger partial charge on any atom is 0.257 e. The van der Waals surface area contributed by atoms with E-state index >= 15 is 0 Å². The fraction of sp³-hybridized carbons (Fsp3) is 0.611. The second-order valence-corrected chi connectivity index (χ2v) is 6.79. The average Bonchev–Trinajstić information content (AvgIpc) is 2.96. The largest absolute Gasteiger partial charge is 0.507 e. The zero-order chi connectivity index (χ0) is 17.3. The van der Waals surface area contributed by atoms with Crippen molar-refractivity contribution in [3.05, 3.63) is 29.3 Å². The van der Waals surface area contributed by atoms with Crippen molar-refractivity contribution >= 4 is 5.91 Å². The summed E-state index contributed by atoms with van der Waals surface area (Å²) in [5, 5.41) is 20.8. The molecule has 1 aliphatic heterocycles. The van der Waals surface area contributed by atoms with E-state index in [-0.39, 0.29) is 29.3 Å². The first-order valence-corrected chi connectivity index (χ1v) is 8.55. The number of phenols is 1. The van der Waals surface area contributed by atoms with Crippen LogP contribution in [0.2, 0.25) is 0 Å². The van der Waals surface area contributed by atoms with Crippen molar-refractivity contribution in [2.75, 3.05) is 33.4 Å². The fourth-order valence-electron chi connectivity index (χ4n) is 3.83. The van der Waals surface area contributed by atoms with E-state index in [9.17, 15) is 15.0 Å². The molecule has 3 rings (SSSR count). The Balaban J connectivity index is 1.70. The van der Waals surface area contributed by atoms with E-state index < -0.39 is 6.10 Å². The number of hydrogen-bond donors (Lipinski definition) is 2. The Morgan fingerprint density at radius 3 is 2.67 bits per heavy atom. The molecule has 0 bridgehead atoms. The van der Waals surface area contributed by atoms with Crippen molar-refractivity contribution in [3.63, 3.8) is 0 Å². The van der Waals surface area contributed by atoms with Crippen LogP contribution in [0.3, 0.4) is 0 Å². The van der Waals surface area contributed by atoms with E-state index in [0.29, 0.717) is 13.2 Å². The Kier molecular flexibility index (Phi) is 5.08. The Morgan fingerprint density at radius 1 is 1.29 bits per heavy atom. The summed E-state index contributed by atoms with van der Waals surface area (Å²) in [5.74, 6) is -0.261. The van der Waals surface area contributed by atoms with E-state index in [0.717, 1.165) is 31.5 Å². The number of phenolic OH excluding ortho intramolecular Hbond substituents is 1. The number of aliphatic hydroxyl groups is 1. The Morgan fingerprint density at radius 2 is 2.00 bits per heavy atom. The average molecular weight is 334 g/mol. The van der Waals surface area contributed by atoms with Gasteiger partial charge in [0.15, 0.2) is 0 Å². The molecule has 6 nitrogen and oxygen atoms in total. The van der Waals surface area contributed by atoms with Gasteiger partial charge >= 0.3 is 0 Å². The van der Waals surface area contributed by atoms with Crippen LogP contribution in [0.15, 0.2) is 18.2 Å². The van der Waals surface area contributed by atoms with Gasteiger partial charge in [-0.2, -0.15) is 0 Å². The monoisotopic (exact) mass is 334 g/mol. The van der Waals surface area contributed by atoms with Gasteiger partial charge in [-0.3, -0.25) is 9.69 Å². The predicted octanol–water partition coefficient (Wildman–Crippen LogP) is 0.997. The van der Waals surface area contributed by atoms with Crippen molar-refractivity contribution in [3.8, 4) is 5.75 Å². The smallest absolute Gasteiger partial charge is 0.257 e. The van der Waals surface area contributed by atoms with Crippen LogP contribution in [-0.2, 0) is 4.74 Å². The van der Waals surface area contributed by atoms with E-state index in [1.165, 1.54) is 0 Å². The summed E-state index contributed by atoms with van der Waals surface area (Å²) < 4.78 is 5.37. The zero-order valence-corrected chi connectivity index (χ0v) is 14.3. The van der Waals surface area contributed by atoms with Crippen molar-refractivity contribution in [2.45, 2.75) is 38.0 Å². The van der Waals surface area contributed by atoms with Crippen LogP contribution in [0, 0.1) is 6.92 Å². The van der Waals surface area contributed by atoms with Crippen LogP contribution in [0.1, 0.15) is 28.8 Å². The van der Waals surface area contributed by atoms with Gasteiger partial charge in [0.05, 0.1) is 30.9 Å². The summed E-state index contributed by atoms with van der Waals surface area (Å²) in [6.45, 7) is 4.90. The van der Waals surface area contributed by atoms with Gasteiger partial charge in [0.2, 0.25) is 0 Å². The van der Waals surface area contributed by atoms with Crippen molar-refractivity contribution in [1.29, 1.82) is 0 Å². The number of rotatable bonds is 3. The molecule has 2 N–H and O–H groups in total. The molecule has 24 heavy (non-hydrogen) atoms. The van der Waals surface area contributed by atoms with Crippen LogP contribution in [0.5, 0.6) is 5.75 Å². The molecule has 1 amide bonds. The number of benzene rings is 1. The molecule has 1 saturated heterocycles. The second-order valence-electron chi connectivity index (χ2n) is 6.79. The van der Waals surface area contributed by atoms with Crippen LogP contribution in [0.4, 0.5) is 0 Å². The van der Waals surface area contributed by atoms with Crippen LogP contribution in [-0.4, -0.2) is 77.5 Å². The molecule has 0 spiro atoms. The molecule has 6 heteroatoms. The number of hydrogen-bond acceptors (Lipinski definition) is 5. The maximum atomic E-state index is 12.7. The number of ether oxygens (including phenoxy) is 1. The van der Waals surface area contributed by atoms with Crippen molar-refractivity contribution in [1.82, 2.24) is 9.80 Å². The van der Waals surface area contributed by atoms with Crippen LogP contribution in [0.25, 0.3) is 0 Å². The third kappa shape index (κ3) is 3.27. The van der Waals surface area contributed by atoms with Gasteiger partial charge in [-0.05, 0) is 37.5 Å². The van der Waals surface area contributed by atoms with Gasteiger partial charge in [0.25, 0.3) is 5.91 Å². The third-order valence-electron chi connectivity index (χ3n) is 5.26. The summed E-state index contributed by atoms with van der Waals surface area (Å²) in [6, 6.07) is 4.88. The molecule has 1 aromatic rings. The molecule has 132 valence electrons. The first kappa shape index (κ1) is 17.2. The first-order chi connectivity index (χ1) is 11.5. The molecule has 1 heterocycles. The van der Waals surface area contributed by atoms with Gasteiger partial charge in [0, 0.05) is 26.2 Å². The van der Waals surface area contributed by atoms with Crippen molar-refractivity contribution < 1.29 is 19.7 Å². The third-order valence-corrected chi connectivity index (χ3v) is 5.26. The second kappa shape index (κ2) is 7.09. The summed E-state index contributed by atoms with van der Waals surface area (Å²) in [6.07, 6.45) is 1.05. The molecule has 2 fully saturated rings. The maximum absolute atomic E-state index is 12.7. The summed E-state index contributed by atoms with van der Waals surface area (Å²) in [4.78, 5) is 16.6. The lowest BCUT2D eigenvalue weighted by atomic mass is 10.1. The lowest BCUT2D eigenvalue weighted by Gasteiger charge is -2.36. The molecule has 2 aliphatic rings. The molecule has 1 aliphatic carbocycles. The number of nitrogens with zero attached hydrogens (tertiary/aromatic N) is 2.